The molecule has 0 aliphatic carbocycles. The number of aliphatic hydroxyl groups excluding tert-OH is 1. The first-order valence-electron chi connectivity index (χ1n) is 8.11. The van der Waals surface area contributed by atoms with Crippen molar-refractivity contribution in [3.8, 4) is 0 Å². The van der Waals surface area contributed by atoms with Crippen molar-refractivity contribution in [2.24, 2.45) is 5.92 Å². The van der Waals surface area contributed by atoms with E-state index in [0.29, 0.717) is 5.92 Å². The maximum atomic E-state index is 10.9. The number of benzene rings is 1. The molecule has 0 saturated heterocycles. The molecule has 2 atom stereocenters. The van der Waals surface area contributed by atoms with Gasteiger partial charge in [-0.05, 0) is 80.3 Å². The molecule has 1 aromatic carbocycles. The molecule has 0 spiro atoms. The van der Waals surface area contributed by atoms with Crippen LogP contribution in [-0.4, -0.2) is 5.11 Å². The van der Waals surface area contributed by atoms with Crippen molar-refractivity contribution in [3.63, 3.8) is 0 Å². The molecule has 0 aliphatic heterocycles. The summed E-state index contributed by atoms with van der Waals surface area (Å²) in [4.78, 5) is 0. The number of hydrogen-bond acceptors (Lipinski definition) is 1. The van der Waals surface area contributed by atoms with Crippen molar-refractivity contribution in [1.82, 2.24) is 0 Å². The SMILES string of the molecule is CCCCC(CC)C(O)c1c(C)c(C)c(C)c(C)c1C. The van der Waals surface area contributed by atoms with Crippen LogP contribution in [0.1, 0.15) is 79.0 Å². The van der Waals surface area contributed by atoms with E-state index in [1.165, 1.54) is 46.2 Å². The second-order valence-corrected chi connectivity index (χ2v) is 6.29. The van der Waals surface area contributed by atoms with E-state index in [0.717, 1.165) is 12.8 Å². The third kappa shape index (κ3) is 3.25. The fourth-order valence-electron chi connectivity index (χ4n) is 3.26. The molecule has 0 amide bonds. The summed E-state index contributed by atoms with van der Waals surface area (Å²) in [7, 11) is 0. The lowest BCUT2D eigenvalue weighted by molar-refractivity contribution is 0.0976. The van der Waals surface area contributed by atoms with Crippen molar-refractivity contribution in [2.45, 2.75) is 80.3 Å². The zero-order valence-corrected chi connectivity index (χ0v) is 14.4. The molecule has 0 bridgehead atoms. The minimum absolute atomic E-state index is 0.315. The average molecular weight is 276 g/mol. The highest BCUT2D eigenvalue weighted by Crippen LogP contribution is 2.36. The molecule has 1 aromatic rings. The van der Waals surface area contributed by atoms with E-state index in [9.17, 15) is 5.11 Å². The van der Waals surface area contributed by atoms with Gasteiger partial charge in [-0.1, -0.05) is 33.1 Å². The number of unbranched alkanes of at least 4 members (excludes halogenated alkanes) is 1. The van der Waals surface area contributed by atoms with Crippen LogP contribution in [0.5, 0.6) is 0 Å². The molecule has 20 heavy (non-hydrogen) atoms. The predicted molar refractivity (Wildman–Crippen MR) is 88.4 cm³/mol. The van der Waals surface area contributed by atoms with Crippen molar-refractivity contribution in [2.75, 3.05) is 0 Å². The van der Waals surface area contributed by atoms with E-state index < -0.39 is 0 Å². The first-order chi connectivity index (χ1) is 9.36. The summed E-state index contributed by atoms with van der Waals surface area (Å²) in [6.45, 7) is 15.3. The minimum atomic E-state index is -0.315. The Bertz CT molecular complexity index is 430. The van der Waals surface area contributed by atoms with E-state index in [4.69, 9.17) is 0 Å². The van der Waals surface area contributed by atoms with Crippen LogP contribution in [0.4, 0.5) is 0 Å². The molecule has 1 heteroatoms. The van der Waals surface area contributed by atoms with Crippen LogP contribution < -0.4 is 0 Å². The number of hydrogen-bond donors (Lipinski definition) is 1. The Labute approximate surface area is 125 Å². The second kappa shape index (κ2) is 7.26. The van der Waals surface area contributed by atoms with Gasteiger partial charge in [-0.3, -0.25) is 0 Å². The van der Waals surface area contributed by atoms with Gasteiger partial charge in [0.2, 0.25) is 0 Å². The summed E-state index contributed by atoms with van der Waals surface area (Å²) in [6.07, 6.45) is 4.26. The van der Waals surface area contributed by atoms with Gasteiger partial charge >= 0.3 is 0 Å². The molecule has 0 aliphatic rings. The lowest BCUT2D eigenvalue weighted by Crippen LogP contribution is -2.16. The molecule has 0 fully saturated rings. The first kappa shape index (κ1) is 17.2. The monoisotopic (exact) mass is 276 g/mol. The Morgan fingerprint density at radius 3 is 1.65 bits per heavy atom. The molecular formula is C19H32O. The number of rotatable bonds is 6. The average Bonchev–Trinajstić information content (AvgIpc) is 2.44. The van der Waals surface area contributed by atoms with Crippen LogP contribution in [0.2, 0.25) is 0 Å². The van der Waals surface area contributed by atoms with Crippen LogP contribution in [0.3, 0.4) is 0 Å². The summed E-state index contributed by atoms with van der Waals surface area (Å²) in [6, 6.07) is 0. The lowest BCUT2D eigenvalue weighted by Gasteiger charge is -2.28. The third-order valence-corrected chi connectivity index (χ3v) is 5.25. The molecule has 0 heterocycles. The molecule has 1 nitrogen and oxygen atoms in total. The Morgan fingerprint density at radius 2 is 1.25 bits per heavy atom. The van der Waals surface area contributed by atoms with Gasteiger partial charge in [0, 0.05) is 0 Å². The Kier molecular flexibility index (Phi) is 6.26. The lowest BCUT2D eigenvalue weighted by atomic mass is 9.81. The number of aliphatic hydroxyl groups is 1. The maximum absolute atomic E-state index is 10.9. The normalized spacial score (nSPS) is 14.4. The molecule has 1 rings (SSSR count). The van der Waals surface area contributed by atoms with E-state index in [-0.39, 0.29) is 6.10 Å². The van der Waals surface area contributed by atoms with Crippen molar-refractivity contribution >= 4 is 0 Å². The van der Waals surface area contributed by atoms with Crippen molar-refractivity contribution < 1.29 is 5.11 Å². The van der Waals surface area contributed by atoms with Crippen LogP contribution in [0.15, 0.2) is 0 Å². The Hall–Kier alpha value is -0.820. The standard InChI is InChI=1S/C19H32O/c1-8-10-11-17(9-2)19(20)18-15(6)13(4)12(3)14(5)16(18)7/h17,19-20H,8-11H2,1-7H3. The van der Waals surface area contributed by atoms with E-state index in [1.54, 1.807) is 0 Å². The highest BCUT2D eigenvalue weighted by atomic mass is 16.3. The fourth-order valence-corrected chi connectivity index (χ4v) is 3.26. The first-order valence-corrected chi connectivity index (χ1v) is 8.11. The molecule has 0 aromatic heterocycles. The summed E-state index contributed by atoms with van der Waals surface area (Å²) < 4.78 is 0. The highest BCUT2D eigenvalue weighted by molar-refractivity contribution is 5.50. The zero-order chi connectivity index (χ0) is 15.4. The molecular weight excluding hydrogens is 244 g/mol. The Morgan fingerprint density at radius 1 is 0.800 bits per heavy atom. The van der Waals surface area contributed by atoms with Gasteiger partial charge in [0.25, 0.3) is 0 Å². The third-order valence-electron chi connectivity index (χ3n) is 5.25. The van der Waals surface area contributed by atoms with Gasteiger partial charge in [-0.25, -0.2) is 0 Å². The topological polar surface area (TPSA) is 20.2 Å². The molecule has 1 N–H and O–H groups in total. The van der Waals surface area contributed by atoms with Crippen LogP contribution in [-0.2, 0) is 0 Å². The van der Waals surface area contributed by atoms with E-state index >= 15 is 0 Å². The van der Waals surface area contributed by atoms with Crippen LogP contribution in [0, 0.1) is 40.5 Å². The Balaban J connectivity index is 3.24. The van der Waals surface area contributed by atoms with Gasteiger partial charge in [0.1, 0.15) is 0 Å². The zero-order valence-electron chi connectivity index (χ0n) is 14.4. The molecule has 0 radical (unpaired) electrons. The fraction of sp³-hybridized carbons (Fsp3) is 0.684. The minimum Gasteiger partial charge on any atom is -0.388 e. The van der Waals surface area contributed by atoms with Gasteiger partial charge in [-0.2, -0.15) is 0 Å². The largest absolute Gasteiger partial charge is 0.388 e. The molecule has 114 valence electrons. The van der Waals surface area contributed by atoms with Crippen LogP contribution in [0.25, 0.3) is 0 Å². The van der Waals surface area contributed by atoms with E-state index in [2.05, 4.69) is 48.5 Å². The summed E-state index contributed by atoms with van der Waals surface area (Å²) >= 11 is 0. The predicted octanol–water partition coefficient (Wildman–Crippen LogP) is 5.48. The van der Waals surface area contributed by atoms with Gasteiger partial charge < -0.3 is 5.11 Å². The van der Waals surface area contributed by atoms with Gasteiger partial charge in [-0.15, -0.1) is 0 Å². The van der Waals surface area contributed by atoms with Crippen molar-refractivity contribution in [3.05, 3.63) is 33.4 Å². The summed E-state index contributed by atoms with van der Waals surface area (Å²) in [5.41, 5.74) is 7.81. The van der Waals surface area contributed by atoms with E-state index in [1.807, 2.05) is 0 Å². The highest BCUT2D eigenvalue weighted by Gasteiger charge is 2.24. The molecule has 0 saturated carbocycles. The smallest absolute Gasteiger partial charge is 0.0823 e. The van der Waals surface area contributed by atoms with Gasteiger partial charge in [0.05, 0.1) is 6.10 Å². The summed E-state index contributed by atoms with van der Waals surface area (Å²) in [5, 5.41) is 10.9. The molecule has 2 unspecified atom stereocenters. The van der Waals surface area contributed by atoms with Gasteiger partial charge in [0.15, 0.2) is 0 Å². The second-order valence-electron chi connectivity index (χ2n) is 6.29. The quantitative estimate of drug-likeness (QED) is 0.729. The summed E-state index contributed by atoms with van der Waals surface area (Å²) in [5.74, 6) is 0.383. The maximum Gasteiger partial charge on any atom is 0.0823 e. The van der Waals surface area contributed by atoms with Crippen molar-refractivity contribution in [1.29, 1.82) is 0 Å². The van der Waals surface area contributed by atoms with Crippen LogP contribution >= 0.6 is 0 Å².